The number of Topliss-reactive ketones (excluding diaryl/α,β-unsaturated/α-hetero) is 1. The van der Waals surface area contributed by atoms with Gasteiger partial charge in [0, 0.05) is 29.6 Å². The maximum atomic E-state index is 12.9. The van der Waals surface area contributed by atoms with Crippen molar-refractivity contribution in [3.05, 3.63) is 34.9 Å². The smallest absolute Gasteiger partial charge is 0.251 e. The van der Waals surface area contributed by atoms with Crippen molar-refractivity contribution in [3.63, 3.8) is 0 Å². The van der Waals surface area contributed by atoms with Gasteiger partial charge >= 0.3 is 0 Å². The molecule has 0 aromatic heterocycles. The van der Waals surface area contributed by atoms with Crippen LogP contribution in [0.3, 0.4) is 0 Å². The van der Waals surface area contributed by atoms with E-state index in [4.69, 9.17) is 0 Å². The second-order valence-electron chi connectivity index (χ2n) is 7.92. The minimum atomic E-state index is -0.00478. The molecular weight excluding hydrogens is 312 g/mol. The summed E-state index contributed by atoms with van der Waals surface area (Å²) in [6, 6.07) is 5.57. The van der Waals surface area contributed by atoms with Crippen molar-refractivity contribution in [2.24, 2.45) is 0 Å². The number of nitrogens with zero attached hydrogens (tertiary/aromatic N) is 1. The van der Waals surface area contributed by atoms with Gasteiger partial charge < -0.3 is 5.32 Å². The summed E-state index contributed by atoms with van der Waals surface area (Å²) >= 11 is 0. The number of nitrogens with one attached hydrogen (secondary N) is 1. The number of hydrogen-bond donors (Lipinski definition) is 1. The largest absolute Gasteiger partial charge is 0.350 e. The first kappa shape index (κ1) is 16.8. The summed E-state index contributed by atoms with van der Waals surface area (Å²) in [5.74, 6) is 0.167. The monoisotopic (exact) mass is 340 g/mol. The van der Waals surface area contributed by atoms with E-state index in [1.54, 1.807) is 0 Å². The Morgan fingerprint density at radius 2 is 1.80 bits per heavy atom. The molecule has 1 aromatic carbocycles. The molecule has 4 heteroatoms. The number of ketones is 1. The van der Waals surface area contributed by atoms with E-state index < -0.39 is 0 Å². The van der Waals surface area contributed by atoms with Gasteiger partial charge in [-0.15, -0.1) is 0 Å². The van der Waals surface area contributed by atoms with Gasteiger partial charge in [0.2, 0.25) is 0 Å². The Morgan fingerprint density at radius 3 is 2.56 bits per heavy atom. The molecule has 1 aromatic rings. The van der Waals surface area contributed by atoms with Crippen LogP contribution in [0.15, 0.2) is 18.2 Å². The Labute approximate surface area is 150 Å². The molecule has 1 N–H and O–H groups in total. The number of carbonyl (C=O) groups excluding carboxylic acids is 2. The van der Waals surface area contributed by atoms with Crippen LogP contribution in [0.25, 0.3) is 0 Å². The molecule has 3 aliphatic rings. The Bertz CT molecular complexity index is 670. The SMILES string of the molecule is O=C1CCc2c1cccc2C(=O)NCC1(N2CCCCC2)CCCC1. The highest BCUT2D eigenvalue weighted by Crippen LogP contribution is 2.36. The highest BCUT2D eigenvalue weighted by atomic mass is 16.1. The zero-order valence-corrected chi connectivity index (χ0v) is 15.0. The average molecular weight is 340 g/mol. The molecule has 2 fully saturated rings. The van der Waals surface area contributed by atoms with Gasteiger partial charge in [0.1, 0.15) is 0 Å². The summed E-state index contributed by atoms with van der Waals surface area (Å²) in [5.41, 5.74) is 2.56. The Balaban J connectivity index is 1.48. The van der Waals surface area contributed by atoms with E-state index in [-0.39, 0.29) is 17.2 Å². The standard InChI is InChI=1S/C21H28N2O2/c24-19-10-9-16-17(19)7-6-8-18(16)20(25)22-15-21(11-2-3-12-21)23-13-4-1-5-14-23/h6-8H,1-5,9-15H2,(H,22,25). The molecular formula is C21H28N2O2. The Kier molecular flexibility index (Phi) is 4.63. The summed E-state index contributed by atoms with van der Waals surface area (Å²) in [5, 5.41) is 3.23. The van der Waals surface area contributed by atoms with Gasteiger partial charge in [-0.25, -0.2) is 0 Å². The molecule has 0 atom stereocenters. The molecule has 4 nitrogen and oxygen atoms in total. The van der Waals surface area contributed by atoms with E-state index in [2.05, 4.69) is 10.2 Å². The molecule has 4 rings (SSSR count). The van der Waals surface area contributed by atoms with Gasteiger partial charge in [0.05, 0.1) is 0 Å². The van der Waals surface area contributed by atoms with Gasteiger partial charge in [-0.05, 0) is 56.8 Å². The summed E-state index contributed by atoms with van der Waals surface area (Å²) in [7, 11) is 0. The quantitative estimate of drug-likeness (QED) is 0.914. The van der Waals surface area contributed by atoms with Crippen LogP contribution >= 0.6 is 0 Å². The number of carbonyl (C=O) groups is 2. The highest BCUT2D eigenvalue weighted by Gasteiger charge is 2.40. The second kappa shape index (κ2) is 6.91. The summed E-state index contributed by atoms with van der Waals surface area (Å²) in [6.45, 7) is 3.08. The normalized spacial score (nSPS) is 22.8. The fourth-order valence-corrected chi connectivity index (χ4v) is 5.05. The lowest BCUT2D eigenvalue weighted by Gasteiger charge is -2.43. The Hall–Kier alpha value is -1.68. The van der Waals surface area contributed by atoms with Gasteiger partial charge in [-0.2, -0.15) is 0 Å². The van der Waals surface area contributed by atoms with Crippen molar-refractivity contribution in [1.82, 2.24) is 10.2 Å². The lowest BCUT2D eigenvalue weighted by molar-refractivity contribution is 0.0642. The van der Waals surface area contributed by atoms with E-state index in [1.807, 2.05) is 18.2 Å². The molecule has 0 spiro atoms. The minimum absolute atomic E-state index is 0.00478. The van der Waals surface area contributed by atoms with Crippen LogP contribution in [0, 0.1) is 0 Å². The highest BCUT2D eigenvalue weighted by molar-refractivity contribution is 6.05. The van der Waals surface area contributed by atoms with Gasteiger partial charge in [-0.3, -0.25) is 14.5 Å². The van der Waals surface area contributed by atoms with Crippen molar-refractivity contribution < 1.29 is 9.59 Å². The average Bonchev–Trinajstić information content (AvgIpc) is 3.28. The number of likely N-dealkylation sites (tertiary alicyclic amines) is 1. The predicted molar refractivity (Wildman–Crippen MR) is 98.0 cm³/mol. The third-order valence-corrected chi connectivity index (χ3v) is 6.46. The molecule has 25 heavy (non-hydrogen) atoms. The fourth-order valence-electron chi connectivity index (χ4n) is 5.05. The molecule has 1 saturated heterocycles. The van der Waals surface area contributed by atoms with Gasteiger partial charge in [-0.1, -0.05) is 31.4 Å². The van der Waals surface area contributed by atoms with E-state index in [9.17, 15) is 9.59 Å². The lowest BCUT2D eigenvalue weighted by atomic mass is 9.92. The molecule has 2 aliphatic carbocycles. The molecule has 0 radical (unpaired) electrons. The second-order valence-corrected chi connectivity index (χ2v) is 7.92. The van der Waals surface area contributed by atoms with Crippen molar-refractivity contribution in [1.29, 1.82) is 0 Å². The first-order chi connectivity index (χ1) is 12.2. The maximum absolute atomic E-state index is 12.9. The van der Waals surface area contributed by atoms with Crippen molar-refractivity contribution in [2.45, 2.75) is 63.3 Å². The molecule has 1 amide bonds. The number of fused-ring (bicyclic) bond motifs is 1. The number of amides is 1. The van der Waals surface area contributed by atoms with E-state index in [0.29, 0.717) is 18.4 Å². The van der Waals surface area contributed by atoms with Crippen molar-refractivity contribution in [2.75, 3.05) is 19.6 Å². The molecule has 0 unspecified atom stereocenters. The lowest BCUT2D eigenvalue weighted by Crippen LogP contribution is -2.55. The zero-order valence-electron chi connectivity index (χ0n) is 15.0. The molecule has 134 valence electrons. The first-order valence-electron chi connectivity index (χ1n) is 9.88. The minimum Gasteiger partial charge on any atom is -0.350 e. The molecule has 1 aliphatic heterocycles. The van der Waals surface area contributed by atoms with E-state index in [0.717, 1.165) is 17.7 Å². The van der Waals surface area contributed by atoms with E-state index in [1.165, 1.54) is 58.0 Å². The molecule has 1 heterocycles. The predicted octanol–water partition coefficient (Wildman–Crippen LogP) is 3.34. The third-order valence-electron chi connectivity index (χ3n) is 6.46. The van der Waals surface area contributed by atoms with E-state index >= 15 is 0 Å². The third kappa shape index (κ3) is 3.12. The van der Waals surface area contributed by atoms with Crippen molar-refractivity contribution in [3.8, 4) is 0 Å². The summed E-state index contributed by atoms with van der Waals surface area (Å²) in [4.78, 5) is 27.4. The van der Waals surface area contributed by atoms with Crippen LogP contribution in [0.5, 0.6) is 0 Å². The molecule has 1 saturated carbocycles. The number of rotatable bonds is 4. The number of hydrogen-bond acceptors (Lipinski definition) is 3. The van der Waals surface area contributed by atoms with Crippen LogP contribution in [-0.4, -0.2) is 41.8 Å². The van der Waals surface area contributed by atoms with Crippen LogP contribution in [0.2, 0.25) is 0 Å². The maximum Gasteiger partial charge on any atom is 0.251 e. The van der Waals surface area contributed by atoms with Crippen LogP contribution in [0.1, 0.15) is 77.6 Å². The zero-order chi connectivity index (χ0) is 17.3. The number of benzene rings is 1. The first-order valence-corrected chi connectivity index (χ1v) is 9.88. The summed E-state index contributed by atoms with van der Waals surface area (Å²) < 4.78 is 0. The topological polar surface area (TPSA) is 49.4 Å². The van der Waals surface area contributed by atoms with Gasteiger partial charge in [0.25, 0.3) is 5.91 Å². The Morgan fingerprint density at radius 1 is 1.04 bits per heavy atom. The van der Waals surface area contributed by atoms with Crippen molar-refractivity contribution >= 4 is 11.7 Å². The van der Waals surface area contributed by atoms with Gasteiger partial charge in [0.15, 0.2) is 5.78 Å². The molecule has 0 bridgehead atoms. The summed E-state index contributed by atoms with van der Waals surface area (Å²) in [6.07, 6.45) is 10.1. The van der Waals surface area contributed by atoms with Crippen LogP contribution in [0.4, 0.5) is 0 Å². The van der Waals surface area contributed by atoms with Crippen LogP contribution < -0.4 is 5.32 Å². The van der Waals surface area contributed by atoms with Crippen LogP contribution in [-0.2, 0) is 6.42 Å². The fraction of sp³-hybridized carbons (Fsp3) is 0.619. The number of piperidine rings is 1.